The van der Waals surface area contributed by atoms with Gasteiger partial charge in [0.05, 0.1) is 19.3 Å². The number of morpholine rings is 1. The van der Waals surface area contributed by atoms with E-state index in [4.69, 9.17) is 9.26 Å². The Morgan fingerprint density at radius 3 is 2.65 bits per heavy atom. The van der Waals surface area contributed by atoms with Crippen LogP contribution in [0, 0.1) is 5.82 Å². The molecule has 0 aliphatic carbocycles. The second kappa shape index (κ2) is 6.37. The highest BCUT2D eigenvalue weighted by atomic mass is 19.1. The molecule has 1 aliphatic rings. The van der Waals surface area contributed by atoms with Crippen LogP contribution in [0.25, 0.3) is 0 Å². The van der Waals surface area contributed by atoms with E-state index in [2.05, 4.69) is 35.8 Å². The van der Waals surface area contributed by atoms with Crippen molar-refractivity contribution in [3.8, 4) is 0 Å². The minimum absolute atomic E-state index is 0.0608. The zero-order valence-corrected chi connectivity index (χ0v) is 13.8. The minimum atomic E-state index is -0.234. The third-order valence-corrected chi connectivity index (χ3v) is 3.89. The first-order valence-corrected chi connectivity index (χ1v) is 7.84. The maximum atomic E-state index is 13.0. The van der Waals surface area contributed by atoms with Gasteiger partial charge in [-0.05, 0) is 17.7 Å². The summed E-state index contributed by atoms with van der Waals surface area (Å²) in [7, 11) is 0. The normalized spacial score (nSPS) is 19.9. The van der Waals surface area contributed by atoms with E-state index in [1.807, 2.05) is 0 Å². The first-order chi connectivity index (χ1) is 10.9. The highest BCUT2D eigenvalue weighted by molar-refractivity contribution is 5.19. The van der Waals surface area contributed by atoms with Crippen LogP contribution in [0.2, 0.25) is 0 Å². The summed E-state index contributed by atoms with van der Waals surface area (Å²) in [5, 5.41) is 4.05. The summed E-state index contributed by atoms with van der Waals surface area (Å²) in [4.78, 5) is 6.69. The van der Waals surface area contributed by atoms with Gasteiger partial charge in [0.1, 0.15) is 5.82 Å². The van der Waals surface area contributed by atoms with Crippen LogP contribution in [-0.4, -0.2) is 34.7 Å². The number of benzene rings is 1. The molecular weight excluding hydrogens is 297 g/mol. The monoisotopic (exact) mass is 319 g/mol. The Kier molecular flexibility index (Phi) is 4.46. The van der Waals surface area contributed by atoms with Crippen molar-refractivity contribution in [1.82, 2.24) is 15.0 Å². The quantitative estimate of drug-likeness (QED) is 0.870. The van der Waals surface area contributed by atoms with Crippen LogP contribution in [0.1, 0.15) is 44.2 Å². The van der Waals surface area contributed by atoms with Gasteiger partial charge in [-0.15, -0.1) is 0 Å². The Balaban J connectivity index is 1.64. The molecule has 1 aromatic carbocycles. The van der Waals surface area contributed by atoms with E-state index in [-0.39, 0.29) is 17.3 Å². The molecule has 124 valence electrons. The smallest absolute Gasteiger partial charge is 0.240 e. The maximum Gasteiger partial charge on any atom is 0.240 e. The molecule has 0 spiro atoms. The first kappa shape index (κ1) is 16.1. The number of hydrogen-bond donors (Lipinski definition) is 0. The summed E-state index contributed by atoms with van der Waals surface area (Å²) in [6.07, 6.45) is -0.0608. The van der Waals surface area contributed by atoms with Crippen LogP contribution in [-0.2, 0) is 16.7 Å². The van der Waals surface area contributed by atoms with Gasteiger partial charge in [0.15, 0.2) is 5.82 Å². The summed E-state index contributed by atoms with van der Waals surface area (Å²) >= 11 is 0. The zero-order chi connectivity index (χ0) is 16.4. The van der Waals surface area contributed by atoms with Crippen molar-refractivity contribution in [2.45, 2.75) is 38.8 Å². The Bertz CT molecular complexity index is 649. The number of ether oxygens (including phenoxy) is 1. The van der Waals surface area contributed by atoms with Crippen LogP contribution in [0.4, 0.5) is 4.39 Å². The van der Waals surface area contributed by atoms with E-state index in [1.54, 1.807) is 12.1 Å². The van der Waals surface area contributed by atoms with Crippen LogP contribution >= 0.6 is 0 Å². The Labute approximate surface area is 135 Å². The fourth-order valence-corrected chi connectivity index (χ4v) is 2.54. The summed E-state index contributed by atoms with van der Waals surface area (Å²) < 4.78 is 24.2. The number of halogens is 1. The molecule has 3 rings (SSSR count). The number of aromatic nitrogens is 2. The van der Waals surface area contributed by atoms with Gasteiger partial charge in [0.25, 0.3) is 0 Å². The predicted molar refractivity (Wildman–Crippen MR) is 83.4 cm³/mol. The molecule has 0 amide bonds. The average molecular weight is 319 g/mol. The van der Waals surface area contributed by atoms with Gasteiger partial charge >= 0.3 is 0 Å². The Hall–Kier alpha value is -1.79. The van der Waals surface area contributed by atoms with Gasteiger partial charge in [0.2, 0.25) is 5.89 Å². The van der Waals surface area contributed by atoms with E-state index in [1.165, 1.54) is 12.1 Å². The van der Waals surface area contributed by atoms with Crippen molar-refractivity contribution < 1.29 is 13.7 Å². The molecule has 1 unspecified atom stereocenters. The molecule has 0 radical (unpaired) electrons. The average Bonchev–Trinajstić information content (AvgIpc) is 2.97. The van der Waals surface area contributed by atoms with Crippen molar-refractivity contribution in [3.05, 3.63) is 47.4 Å². The fourth-order valence-electron chi connectivity index (χ4n) is 2.54. The summed E-state index contributed by atoms with van der Waals surface area (Å²) in [5.41, 5.74) is 0.862. The SMILES string of the molecule is CC(C)(C)c1noc(CN2CCOC(c3ccc(F)cc3)C2)n1. The third kappa shape index (κ3) is 3.95. The highest BCUT2D eigenvalue weighted by Gasteiger charge is 2.25. The van der Waals surface area contributed by atoms with Crippen LogP contribution in [0.15, 0.2) is 28.8 Å². The predicted octanol–water partition coefficient (Wildman–Crippen LogP) is 3.08. The molecule has 0 N–H and O–H groups in total. The van der Waals surface area contributed by atoms with Crippen molar-refractivity contribution >= 4 is 0 Å². The van der Waals surface area contributed by atoms with E-state index in [0.717, 1.165) is 24.5 Å². The third-order valence-electron chi connectivity index (χ3n) is 3.89. The topological polar surface area (TPSA) is 51.4 Å². The molecule has 1 atom stereocenters. The molecule has 23 heavy (non-hydrogen) atoms. The van der Waals surface area contributed by atoms with Gasteiger partial charge in [-0.3, -0.25) is 4.90 Å². The lowest BCUT2D eigenvalue weighted by atomic mass is 9.96. The standard InChI is InChI=1S/C17H22FN3O2/c1-17(2,3)16-19-15(23-20-16)11-21-8-9-22-14(10-21)12-4-6-13(18)7-5-12/h4-7,14H,8-11H2,1-3H3. The molecular formula is C17H22FN3O2. The molecule has 1 saturated heterocycles. The fraction of sp³-hybridized carbons (Fsp3) is 0.529. The molecule has 2 aromatic rings. The molecule has 1 aromatic heterocycles. The van der Waals surface area contributed by atoms with E-state index < -0.39 is 0 Å². The minimum Gasteiger partial charge on any atom is -0.371 e. The number of nitrogens with zero attached hydrogens (tertiary/aromatic N) is 3. The number of rotatable bonds is 3. The summed E-state index contributed by atoms with van der Waals surface area (Å²) in [5.74, 6) is 1.10. The van der Waals surface area contributed by atoms with Crippen molar-refractivity contribution in [1.29, 1.82) is 0 Å². The molecule has 2 heterocycles. The van der Waals surface area contributed by atoms with Gasteiger partial charge in [-0.25, -0.2) is 4.39 Å². The van der Waals surface area contributed by atoms with E-state index >= 15 is 0 Å². The lowest BCUT2D eigenvalue weighted by Gasteiger charge is -2.32. The summed E-state index contributed by atoms with van der Waals surface area (Å²) in [6, 6.07) is 6.47. The van der Waals surface area contributed by atoms with Crippen LogP contribution < -0.4 is 0 Å². The lowest BCUT2D eigenvalue weighted by Crippen LogP contribution is -2.37. The Morgan fingerprint density at radius 2 is 2.00 bits per heavy atom. The molecule has 0 bridgehead atoms. The lowest BCUT2D eigenvalue weighted by molar-refractivity contribution is -0.0356. The molecule has 1 fully saturated rings. The second-order valence-corrected chi connectivity index (χ2v) is 6.91. The maximum absolute atomic E-state index is 13.0. The van der Waals surface area contributed by atoms with Crippen molar-refractivity contribution in [2.24, 2.45) is 0 Å². The zero-order valence-electron chi connectivity index (χ0n) is 13.8. The van der Waals surface area contributed by atoms with E-state index in [0.29, 0.717) is 19.0 Å². The van der Waals surface area contributed by atoms with Crippen LogP contribution in [0.5, 0.6) is 0 Å². The van der Waals surface area contributed by atoms with Gasteiger partial charge in [-0.2, -0.15) is 4.98 Å². The largest absolute Gasteiger partial charge is 0.371 e. The highest BCUT2D eigenvalue weighted by Crippen LogP contribution is 2.24. The number of hydrogen-bond acceptors (Lipinski definition) is 5. The first-order valence-electron chi connectivity index (χ1n) is 7.84. The van der Waals surface area contributed by atoms with E-state index in [9.17, 15) is 4.39 Å². The van der Waals surface area contributed by atoms with Gasteiger partial charge < -0.3 is 9.26 Å². The van der Waals surface area contributed by atoms with Crippen molar-refractivity contribution in [3.63, 3.8) is 0 Å². The van der Waals surface area contributed by atoms with Gasteiger partial charge in [-0.1, -0.05) is 38.1 Å². The molecule has 5 nitrogen and oxygen atoms in total. The van der Waals surface area contributed by atoms with Crippen molar-refractivity contribution in [2.75, 3.05) is 19.7 Å². The van der Waals surface area contributed by atoms with Gasteiger partial charge in [0, 0.05) is 18.5 Å². The second-order valence-electron chi connectivity index (χ2n) is 6.91. The summed E-state index contributed by atoms with van der Waals surface area (Å²) in [6.45, 7) is 8.93. The van der Waals surface area contributed by atoms with Crippen LogP contribution in [0.3, 0.4) is 0 Å². The molecule has 1 aliphatic heterocycles. The molecule has 6 heteroatoms. The molecule has 0 saturated carbocycles. The Morgan fingerprint density at radius 1 is 1.26 bits per heavy atom.